The van der Waals surface area contributed by atoms with Gasteiger partial charge in [0.15, 0.2) is 0 Å². The molecule has 0 saturated heterocycles. The average Bonchev–Trinajstić information content (AvgIpc) is 2.86. The fourth-order valence-corrected chi connectivity index (χ4v) is 2.87. The molecule has 1 aromatic rings. The van der Waals surface area contributed by atoms with Crippen molar-refractivity contribution < 1.29 is 4.79 Å². The maximum Gasteiger partial charge on any atom is 0.222 e. The molecule has 1 amide bonds. The van der Waals surface area contributed by atoms with Crippen molar-refractivity contribution in [2.75, 3.05) is 13.1 Å². The molecule has 0 spiro atoms. The zero-order valence-electron chi connectivity index (χ0n) is 12.3. The lowest BCUT2D eigenvalue weighted by molar-refractivity contribution is -0.131. The van der Waals surface area contributed by atoms with Gasteiger partial charge in [-0.1, -0.05) is 32.1 Å². The molecule has 112 valence electrons. The Bertz CT molecular complexity index is 416. The standard InChI is InChI=1S/C15H24N2OS2/c1-12(2)11-17(9-8-14(16)19)15(18)7-3-5-13-6-4-10-20-13/h4,6,10,12H,3,5,7-9,11H2,1-2H3,(H2,16,19). The first-order valence-corrected chi connectivity index (χ1v) is 8.36. The van der Waals surface area contributed by atoms with Crippen LogP contribution in [0.2, 0.25) is 0 Å². The lowest BCUT2D eigenvalue weighted by atomic mass is 10.1. The van der Waals surface area contributed by atoms with Crippen LogP contribution in [0.3, 0.4) is 0 Å². The molecule has 0 bridgehead atoms. The Labute approximate surface area is 131 Å². The molecule has 0 unspecified atom stereocenters. The first kappa shape index (κ1) is 17.1. The number of nitrogens with zero attached hydrogens (tertiary/aromatic N) is 1. The second-order valence-corrected chi connectivity index (χ2v) is 6.94. The van der Waals surface area contributed by atoms with Crippen LogP contribution in [0, 0.1) is 5.92 Å². The molecule has 0 aliphatic rings. The molecule has 3 nitrogen and oxygen atoms in total. The number of hydrogen-bond acceptors (Lipinski definition) is 3. The molecule has 1 aromatic heterocycles. The van der Waals surface area contributed by atoms with E-state index in [1.807, 2.05) is 4.90 Å². The summed E-state index contributed by atoms with van der Waals surface area (Å²) in [5, 5.41) is 2.07. The molecule has 0 aromatic carbocycles. The van der Waals surface area contributed by atoms with Gasteiger partial charge in [0, 0.05) is 30.8 Å². The number of aryl methyl sites for hydroxylation is 1. The molecular weight excluding hydrogens is 288 g/mol. The zero-order valence-corrected chi connectivity index (χ0v) is 13.9. The molecule has 0 saturated carbocycles. The summed E-state index contributed by atoms with van der Waals surface area (Å²) in [5.41, 5.74) is 5.53. The zero-order chi connectivity index (χ0) is 15.0. The molecule has 2 N–H and O–H groups in total. The minimum Gasteiger partial charge on any atom is -0.393 e. The lowest BCUT2D eigenvalue weighted by Crippen LogP contribution is -2.36. The molecule has 5 heteroatoms. The second kappa shape index (κ2) is 9.08. The Balaban J connectivity index is 2.38. The van der Waals surface area contributed by atoms with Crippen LogP contribution in [0.25, 0.3) is 0 Å². The minimum absolute atomic E-state index is 0.214. The van der Waals surface area contributed by atoms with Gasteiger partial charge in [0.2, 0.25) is 5.91 Å². The van der Waals surface area contributed by atoms with Gasteiger partial charge < -0.3 is 10.6 Å². The summed E-state index contributed by atoms with van der Waals surface area (Å²) in [6.45, 7) is 5.66. The van der Waals surface area contributed by atoms with Gasteiger partial charge >= 0.3 is 0 Å². The van der Waals surface area contributed by atoms with E-state index < -0.39 is 0 Å². The number of carbonyl (C=O) groups is 1. The summed E-state index contributed by atoms with van der Waals surface area (Å²) in [5.74, 6) is 0.675. The van der Waals surface area contributed by atoms with Crippen LogP contribution in [0.1, 0.15) is 38.0 Å². The van der Waals surface area contributed by atoms with E-state index in [2.05, 4.69) is 31.4 Å². The lowest BCUT2D eigenvalue weighted by Gasteiger charge is -2.24. The highest BCUT2D eigenvalue weighted by Crippen LogP contribution is 2.13. The molecule has 0 aliphatic carbocycles. The Kier molecular flexibility index (Phi) is 7.77. The van der Waals surface area contributed by atoms with Crippen LogP contribution in [-0.4, -0.2) is 28.9 Å². The van der Waals surface area contributed by atoms with Crippen LogP contribution in [0.5, 0.6) is 0 Å². The molecule has 0 radical (unpaired) electrons. The fourth-order valence-electron chi connectivity index (χ4n) is 2.03. The highest BCUT2D eigenvalue weighted by molar-refractivity contribution is 7.80. The Morgan fingerprint density at radius 2 is 2.20 bits per heavy atom. The van der Waals surface area contributed by atoms with Gasteiger partial charge in [-0.15, -0.1) is 11.3 Å². The quantitative estimate of drug-likeness (QED) is 0.712. The molecule has 1 heterocycles. The maximum atomic E-state index is 12.3. The van der Waals surface area contributed by atoms with E-state index in [1.165, 1.54) is 4.88 Å². The molecule has 0 aliphatic heterocycles. The topological polar surface area (TPSA) is 46.3 Å². The second-order valence-electron chi connectivity index (χ2n) is 5.38. The van der Waals surface area contributed by atoms with Crippen LogP contribution in [0.15, 0.2) is 17.5 Å². The first-order chi connectivity index (χ1) is 9.49. The van der Waals surface area contributed by atoms with Gasteiger partial charge in [0.25, 0.3) is 0 Å². The van der Waals surface area contributed by atoms with Crippen LogP contribution in [-0.2, 0) is 11.2 Å². The highest BCUT2D eigenvalue weighted by atomic mass is 32.1. The summed E-state index contributed by atoms with van der Waals surface area (Å²) >= 11 is 6.65. The Hall–Kier alpha value is -0.940. The molecule has 0 atom stereocenters. The fraction of sp³-hybridized carbons (Fsp3) is 0.600. The third-order valence-electron chi connectivity index (χ3n) is 2.96. The van der Waals surface area contributed by atoms with Crippen LogP contribution in [0.4, 0.5) is 0 Å². The number of nitrogens with two attached hydrogens (primary N) is 1. The Morgan fingerprint density at radius 3 is 2.75 bits per heavy atom. The third kappa shape index (κ3) is 7.01. The SMILES string of the molecule is CC(C)CN(CCC(N)=S)C(=O)CCCc1cccs1. The van der Waals surface area contributed by atoms with E-state index >= 15 is 0 Å². The summed E-state index contributed by atoms with van der Waals surface area (Å²) in [6, 6.07) is 4.17. The van der Waals surface area contributed by atoms with Gasteiger partial charge in [0.1, 0.15) is 0 Å². The van der Waals surface area contributed by atoms with Crippen molar-refractivity contribution in [1.82, 2.24) is 4.90 Å². The summed E-state index contributed by atoms with van der Waals surface area (Å²) < 4.78 is 0. The monoisotopic (exact) mass is 312 g/mol. The van der Waals surface area contributed by atoms with Crippen LogP contribution >= 0.6 is 23.6 Å². The largest absolute Gasteiger partial charge is 0.393 e. The normalized spacial score (nSPS) is 10.8. The van der Waals surface area contributed by atoms with E-state index in [0.717, 1.165) is 19.4 Å². The van der Waals surface area contributed by atoms with Gasteiger partial charge in [-0.2, -0.15) is 0 Å². The number of amides is 1. The van der Waals surface area contributed by atoms with E-state index in [4.69, 9.17) is 18.0 Å². The van der Waals surface area contributed by atoms with Crippen molar-refractivity contribution in [2.24, 2.45) is 11.7 Å². The molecular formula is C15H24N2OS2. The predicted molar refractivity (Wildman–Crippen MR) is 90.1 cm³/mol. The summed E-state index contributed by atoms with van der Waals surface area (Å²) in [4.78, 5) is 16.0. The molecule has 0 fully saturated rings. The number of thiocarbonyl (C=S) groups is 1. The number of rotatable bonds is 9. The highest BCUT2D eigenvalue weighted by Gasteiger charge is 2.14. The predicted octanol–water partition coefficient (Wildman–Crippen LogP) is 3.23. The number of thiophene rings is 1. The first-order valence-electron chi connectivity index (χ1n) is 7.07. The number of carbonyl (C=O) groups excluding carboxylic acids is 1. The van der Waals surface area contributed by atoms with Crippen molar-refractivity contribution in [1.29, 1.82) is 0 Å². The van der Waals surface area contributed by atoms with E-state index in [1.54, 1.807) is 11.3 Å². The van der Waals surface area contributed by atoms with Crippen molar-refractivity contribution in [2.45, 2.75) is 39.5 Å². The van der Waals surface area contributed by atoms with Gasteiger partial charge in [-0.25, -0.2) is 0 Å². The van der Waals surface area contributed by atoms with Crippen molar-refractivity contribution >= 4 is 34.5 Å². The van der Waals surface area contributed by atoms with Gasteiger partial charge in [0.05, 0.1) is 4.99 Å². The summed E-state index contributed by atoms with van der Waals surface area (Å²) in [7, 11) is 0. The van der Waals surface area contributed by atoms with Crippen molar-refractivity contribution in [3.8, 4) is 0 Å². The van der Waals surface area contributed by atoms with Crippen molar-refractivity contribution in [3.05, 3.63) is 22.4 Å². The van der Waals surface area contributed by atoms with Gasteiger partial charge in [-0.3, -0.25) is 4.79 Å². The molecule has 20 heavy (non-hydrogen) atoms. The van der Waals surface area contributed by atoms with Gasteiger partial charge in [-0.05, 0) is 30.2 Å². The smallest absolute Gasteiger partial charge is 0.222 e. The van der Waals surface area contributed by atoms with E-state index in [-0.39, 0.29) is 5.91 Å². The minimum atomic E-state index is 0.214. The Morgan fingerprint density at radius 1 is 1.45 bits per heavy atom. The molecule has 1 rings (SSSR count). The third-order valence-corrected chi connectivity index (χ3v) is 4.10. The van der Waals surface area contributed by atoms with Crippen LogP contribution < -0.4 is 5.73 Å². The number of hydrogen-bond donors (Lipinski definition) is 1. The average molecular weight is 313 g/mol. The van der Waals surface area contributed by atoms with E-state index in [0.29, 0.717) is 30.3 Å². The van der Waals surface area contributed by atoms with E-state index in [9.17, 15) is 4.79 Å². The van der Waals surface area contributed by atoms with Crippen molar-refractivity contribution in [3.63, 3.8) is 0 Å². The summed E-state index contributed by atoms with van der Waals surface area (Å²) in [6.07, 6.45) is 3.09. The maximum absolute atomic E-state index is 12.3.